The van der Waals surface area contributed by atoms with E-state index >= 15 is 0 Å². The van der Waals surface area contributed by atoms with Crippen LogP contribution in [0.25, 0.3) is 0 Å². The molecular formula is C14H21N3OS. The molecule has 1 saturated carbocycles. The van der Waals surface area contributed by atoms with Crippen molar-refractivity contribution in [2.45, 2.75) is 38.6 Å². The lowest BCUT2D eigenvalue weighted by atomic mass is 10.2. The van der Waals surface area contributed by atoms with E-state index in [0.717, 1.165) is 48.2 Å². The molecule has 1 aliphatic heterocycles. The van der Waals surface area contributed by atoms with Crippen LogP contribution in [-0.4, -0.2) is 48.4 Å². The number of piperazine rings is 1. The summed E-state index contributed by atoms with van der Waals surface area (Å²) in [5.74, 6) is 0.555. The van der Waals surface area contributed by atoms with Crippen LogP contribution in [0.1, 0.15) is 48.0 Å². The van der Waals surface area contributed by atoms with Gasteiger partial charge in [-0.15, -0.1) is 0 Å². The van der Waals surface area contributed by atoms with E-state index in [4.69, 9.17) is 4.98 Å². The Bertz CT molecular complexity index is 469. The Balaban J connectivity index is 1.77. The fraction of sp³-hybridized carbons (Fsp3) is 0.714. The molecule has 1 aromatic heterocycles. The van der Waals surface area contributed by atoms with Crippen molar-refractivity contribution in [2.24, 2.45) is 0 Å². The highest BCUT2D eigenvalue weighted by Crippen LogP contribution is 2.43. The molecule has 1 saturated heterocycles. The minimum Gasteiger partial charge on any atom is -0.345 e. The number of aromatic nitrogens is 1. The van der Waals surface area contributed by atoms with E-state index in [2.05, 4.69) is 23.6 Å². The zero-order valence-electron chi connectivity index (χ0n) is 11.6. The summed E-state index contributed by atoms with van der Waals surface area (Å²) < 4.78 is 0. The van der Waals surface area contributed by atoms with Crippen LogP contribution in [-0.2, 0) is 0 Å². The van der Waals surface area contributed by atoms with Crippen molar-refractivity contribution in [3.05, 3.63) is 10.6 Å². The SMILES string of the molecule is CCN1CCN(c2nc(C3CC3)c(C=O)s2)CC1C. The number of thiazole rings is 1. The Hall–Kier alpha value is -0.940. The van der Waals surface area contributed by atoms with Crippen molar-refractivity contribution in [3.8, 4) is 0 Å². The largest absolute Gasteiger partial charge is 0.345 e. The number of hydrogen-bond donors (Lipinski definition) is 0. The molecule has 4 nitrogen and oxygen atoms in total. The fourth-order valence-corrected chi connectivity index (χ4v) is 3.84. The third kappa shape index (κ3) is 2.54. The van der Waals surface area contributed by atoms with Gasteiger partial charge in [-0.25, -0.2) is 4.98 Å². The molecule has 1 unspecified atom stereocenters. The predicted molar refractivity (Wildman–Crippen MR) is 78.4 cm³/mol. The van der Waals surface area contributed by atoms with Gasteiger partial charge in [0.25, 0.3) is 0 Å². The third-order valence-corrected chi connectivity index (χ3v) is 5.24. The summed E-state index contributed by atoms with van der Waals surface area (Å²) in [5, 5.41) is 1.05. The molecule has 2 heterocycles. The lowest BCUT2D eigenvalue weighted by molar-refractivity contribution is 0.112. The van der Waals surface area contributed by atoms with E-state index in [1.54, 1.807) is 11.3 Å². The first-order chi connectivity index (χ1) is 9.22. The number of likely N-dealkylation sites (N-methyl/N-ethyl adjacent to an activating group) is 1. The molecule has 0 bridgehead atoms. The Morgan fingerprint density at radius 2 is 2.21 bits per heavy atom. The van der Waals surface area contributed by atoms with Crippen LogP contribution in [0.4, 0.5) is 5.13 Å². The minimum absolute atomic E-state index is 0.555. The first kappa shape index (κ1) is 13.1. The molecule has 0 amide bonds. The van der Waals surface area contributed by atoms with Crippen LogP contribution in [0.5, 0.6) is 0 Å². The van der Waals surface area contributed by atoms with Crippen molar-refractivity contribution in [1.29, 1.82) is 0 Å². The molecule has 1 atom stereocenters. The molecule has 1 aromatic rings. The zero-order valence-corrected chi connectivity index (χ0v) is 12.4. The smallest absolute Gasteiger partial charge is 0.186 e. The van der Waals surface area contributed by atoms with Gasteiger partial charge < -0.3 is 4.90 Å². The number of aldehydes is 1. The lowest BCUT2D eigenvalue weighted by Gasteiger charge is -2.39. The second-order valence-electron chi connectivity index (χ2n) is 5.56. The van der Waals surface area contributed by atoms with Gasteiger partial charge >= 0.3 is 0 Å². The zero-order chi connectivity index (χ0) is 13.4. The average molecular weight is 279 g/mol. The highest BCUT2D eigenvalue weighted by atomic mass is 32.1. The number of nitrogens with zero attached hydrogens (tertiary/aromatic N) is 3. The summed E-state index contributed by atoms with van der Waals surface area (Å²) in [6.07, 6.45) is 3.38. The van der Waals surface area contributed by atoms with Gasteiger partial charge in [-0.2, -0.15) is 0 Å². The molecule has 2 aliphatic rings. The molecule has 2 fully saturated rings. The highest BCUT2D eigenvalue weighted by Gasteiger charge is 2.31. The lowest BCUT2D eigenvalue weighted by Crippen LogP contribution is -2.51. The summed E-state index contributed by atoms with van der Waals surface area (Å²) in [7, 11) is 0. The van der Waals surface area contributed by atoms with Gasteiger partial charge in [0.1, 0.15) is 0 Å². The first-order valence-electron chi connectivity index (χ1n) is 7.17. The molecule has 5 heteroatoms. The van der Waals surface area contributed by atoms with Crippen LogP contribution >= 0.6 is 11.3 Å². The molecule has 3 rings (SSSR count). The summed E-state index contributed by atoms with van der Waals surface area (Å²) in [5.41, 5.74) is 1.06. The molecule has 0 spiro atoms. The monoisotopic (exact) mass is 279 g/mol. The number of anilines is 1. The first-order valence-corrected chi connectivity index (χ1v) is 7.99. The standard InChI is InChI=1S/C14H21N3OS/c1-3-16-6-7-17(8-10(16)2)14-15-13(11-4-5-11)12(9-18)19-14/h9-11H,3-8H2,1-2H3. The van der Waals surface area contributed by atoms with Crippen molar-refractivity contribution in [1.82, 2.24) is 9.88 Å². The van der Waals surface area contributed by atoms with Crippen molar-refractivity contribution < 1.29 is 4.79 Å². The van der Waals surface area contributed by atoms with Crippen LogP contribution < -0.4 is 4.90 Å². The maximum Gasteiger partial charge on any atom is 0.186 e. The number of carbonyl (C=O) groups is 1. The third-order valence-electron chi connectivity index (χ3n) is 4.18. The summed E-state index contributed by atoms with van der Waals surface area (Å²) in [4.78, 5) is 21.6. The summed E-state index contributed by atoms with van der Waals surface area (Å²) in [6, 6.07) is 0.562. The van der Waals surface area contributed by atoms with Gasteiger partial charge in [0.2, 0.25) is 0 Å². The van der Waals surface area contributed by atoms with Crippen LogP contribution in [0, 0.1) is 0 Å². The molecule has 0 radical (unpaired) electrons. The molecular weight excluding hydrogens is 258 g/mol. The van der Waals surface area contributed by atoms with E-state index in [9.17, 15) is 4.79 Å². The van der Waals surface area contributed by atoms with Crippen molar-refractivity contribution in [2.75, 3.05) is 31.1 Å². The molecule has 19 heavy (non-hydrogen) atoms. The van der Waals surface area contributed by atoms with Crippen molar-refractivity contribution >= 4 is 22.8 Å². The summed E-state index contributed by atoms with van der Waals surface area (Å²) in [6.45, 7) is 8.72. The Kier molecular flexibility index (Phi) is 3.58. The van der Waals surface area contributed by atoms with Gasteiger partial charge in [0, 0.05) is 31.6 Å². The quantitative estimate of drug-likeness (QED) is 0.793. The van der Waals surface area contributed by atoms with E-state index in [1.165, 1.54) is 12.8 Å². The minimum atomic E-state index is 0.555. The topological polar surface area (TPSA) is 36.4 Å². The van der Waals surface area contributed by atoms with Gasteiger partial charge in [0.15, 0.2) is 11.4 Å². The van der Waals surface area contributed by atoms with Crippen LogP contribution in [0.3, 0.4) is 0 Å². The van der Waals surface area contributed by atoms with Gasteiger partial charge in [-0.05, 0) is 26.3 Å². The normalized spacial score (nSPS) is 24.7. The summed E-state index contributed by atoms with van der Waals surface area (Å²) >= 11 is 1.57. The molecule has 0 N–H and O–H groups in total. The van der Waals surface area contributed by atoms with Crippen LogP contribution in [0.15, 0.2) is 0 Å². The molecule has 0 aromatic carbocycles. The Morgan fingerprint density at radius 3 is 2.79 bits per heavy atom. The van der Waals surface area contributed by atoms with Crippen molar-refractivity contribution in [3.63, 3.8) is 0 Å². The van der Waals surface area contributed by atoms with E-state index in [0.29, 0.717) is 12.0 Å². The van der Waals surface area contributed by atoms with E-state index < -0.39 is 0 Å². The number of rotatable bonds is 4. The fourth-order valence-electron chi connectivity index (χ4n) is 2.84. The average Bonchev–Trinajstić information content (AvgIpc) is 3.18. The van der Waals surface area contributed by atoms with Gasteiger partial charge in [0.05, 0.1) is 10.6 Å². The molecule has 104 valence electrons. The maximum atomic E-state index is 11.2. The number of carbonyl (C=O) groups excluding carboxylic acids is 1. The Labute approximate surface area is 118 Å². The molecule has 1 aliphatic carbocycles. The maximum absolute atomic E-state index is 11.2. The Morgan fingerprint density at radius 1 is 1.42 bits per heavy atom. The second-order valence-corrected chi connectivity index (χ2v) is 6.57. The number of hydrogen-bond acceptors (Lipinski definition) is 5. The highest BCUT2D eigenvalue weighted by molar-refractivity contribution is 7.17. The van der Waals surface area contributed by atoms with Gasteiger partial charge in [-0.3, -0.25) is 9.69 Å². The van der Waals surface area contributed by atoms with E-state index in [-0.39, 0.29) is 0 Å². The van der Waals surface area contributed by atoms with E-state index in [1.807, 2.05) is 0 Å². The van der Waals surface area contributed by atoms with Crippen LogP contribution in [0.2, 0.25) is 0 Å². The predicted octanol–water partition coefficient (Wildman–Crippen LogP) is 2.36. The van der Waals surface area contributed by atoms with Gasteiger partial charge in [-0.1, -0.05) is 18.3 Å². The second kappa shape index (κ2) is 5.21.